The molecule has 0 spiro atoms. The SMILES string of the molecule is C=CCC(O)c1cc(F)ccc1OC. The van der Waals surface area contributed by atoms with Crippen LogP contribution in [-0.2, 0) is 0 Å². The van der Waals surface area contributed by atoms with Crippen molar-refractivity contribution in [3.8, 4) is 5.75 Å². The van der Waals surface area contributed by atoms with Gasteiger partial charge in [-0.2, -0.15) is 0 Å². The highest BCUT2D eigenvalue weighted by Crippen LogP contribution is 2.27. The van der Waals surface area contributed by atoms with Crippen LogP contribution in [0.2, 0.25) is 0 Å². The first-order valence-corrected chi connectivity index (χ1v) is 4.31. The van der Waals surface area contributed by atoms with E-state index >= 15 is 0 Å². The first-order chi connectivity index (χ1) is 6.69. The van der Waals surface area contributed by atoms with Gasteiger partial charge in [0.05, 0.1) is 13.2 Å². The summed E-state index contributed by atoms with van der Waals surface area (Å²) in [5.41, 5.74) is 0.451. The molecule has 0 saturated heterocycles. The summed E-state index contributed by atoms with van der Waals surface area (Å²) in [5, 5.41) is 9.64. The van der Waals surface area contributed by atoms with Gasteiger partial charge in [0.1, 0.15) is 11.6 Å². The van der Waals surface area contributed by atoms with Crippen molar-refractivity contribution in [3.63, 3.8) is 0 Å². The summed E-state index contributed by atoms with van der Waals surface area (Å²) in [5.74, 6) is 0.102. The van der Waals surface area contributed by atoms with Crippen molar-refractivity contribution < 1.29 is 14.2 Å². The fraction of sp³-hybridized carbons (Fsp3) is 0.273. The number of ether oxygens (including phenoxy) is 1. The zero-order valence-corrected chi connectivity index (χ0v) is 8.03. The summed E-state index contributed by atoms with van der Waals surface area (Å²) in [6.07, 6.45) is 1.19. The van der Waals surface area contributed by atoms with Gasteiger partial charge in [-0.25, -0.2) is 4.39 Å². The maximum absolute atomic E-state index is 12.9. The highest BCUT2D eigenvalue weighted by molar-refractivity contribution is 5.35. The molecule has 14 heavy (non-hydrogen) atoms. The molecule has 76 valence electrons. The molecule has 0 bridgehead atoms. The molecule has 0 saturated carbocycles. The number of rotatable bonds is 4. The van der Waals surface area contributed by atoms with E-state index < -0.39 is 6.10 Å². The average molecular weight is 196 g/mol. The smallest absolute Gasteiger partial charge is 0.124 e. The predicted molar refractivity (Wildman–Crippen MR) is 52.7 cm³/mol. The van der Waals surface area contributed by atoms with E-state index in [4.69, 9.17) is 4.74 Å². The number of methoxy groups -OCH3 is 1. The van der Waals surface area contributed by atoms with Gasteiger partial charge >= 0.3 is 0 Å². The van der Waals surface area contributed by atoms with Crippen molar-refractivity contribution in [2.75, 3.05) is 7.11 Å². The highest BCUT2D eigenvalue weighted by atomic mass is 19.1. The monoisotopic (exact) mass is 196 g/mol. The Morgan fingerprint density at radius 1 is 1.64 bits per heavy atom. The summed E-state index contributed by atoms with van der Waals surface area (Å²) >= 11 is 0. The summed E-state index contributed by atoms with van der Waals surface area (Å²) in [7, 11) is 1.48. The number of halogens is 1. The molecular formula is C11H13FO2. The fourth-order valence-electron chi connectivity index (χ4n) is 1.25. The molecule has 0 amide bonds. The molecule has 0 aromatic heterocycles. The van der Waals surface area contributed by atoms with Gasteiger partial charge in [0.2, 0.25) is 0 Å². The molecule has 3 heteroatoms. The van der Waals surface area contributed by atoms with Crippen LogP contribution in [0.1, 0.15) is 18.1 Å². The Hall–Kier alpha value is -1.35. The average Bonchev–Trinajstić information content (AvgIpc) is 2.18. The fourth-order valence-corrected chi connectivity index (χ4v) is 1.25. The highest BCUT2D eigenvalue weighted by Gasteiger charge is 2.12. The summed E-state index contributed by atoms with van der Waals surface area (Å²) in [6, 6.07) is 4.06. The molecular weight excluding hydrogens is 183 g/mol. The van der Waals surface area contributed by atoms with Crippen molar-refractivity contribution in [1.82, 2.24) is 0 Å². The first kappa shape index (κ1) is 10.7. The van der Waals surface area contributed by atoms with Crippen LogP contribution in [0.4, 0.5) is 4.39 Å². The van der Waals surface area contributed by atoms with Gasteiger partial charge in [0, 0.05) is 5.56 Å². The minimum absolute atomic E-state index is 0.375. The molecule has 1 atom stereocenters. The van der Waals surface area contributed by atoms with Crippen molar-refractivity contribution in [2.24, 2.45) is 0 Å². The normalized spacial score (nSPS) is 12.2. The van der Waals surface area contributed by atoms with E-state index in [0.29, 0.717) is 17.7 Å². The largest absolute Gasteiger partial charge is 0.496 e. The lowest BCUT2D eigenvalue weighted by Crippen LogP contribution is -2.00. The molecule has 0 heterocycles. The zero-order valence-electron chi connectivity index (χ0n) is 8.03. The van der Waals surface area contributed by atoms with E-state index in [1.807, 2.05) is 0 Å². The second-order valence-corrected chi connectivity index (χ2v) is 2.93. The first-order valence-electron chi connectivity index (χ1n) is 4.31. The molecule has 0 aliphatic carbocycles. The maximum atomic E-state index is 12.9. The lowest BCUT2D eigenvalue weighted by Gasteiger charge is -2.12. The van der Waals surface area contributed by atoms with Crippen molar-refractivity contribution in [2.45, 2.75) is 12.5 Å². The topological polar surface area (TPSA) is 29.5 Å². The predicted octanol–water partition coefficient (Wildman–Crippen LogP) is 2.44. The molecule has 1 aromatic rings. The lowest BCUT2D eigenvalue weighted by molar-refractivity contribution is 0.176. The van der Waals surface area contributed by atoms with E-state index in [1.54, 1.807) is 6.08 Å². The Bertz CT molecular complexity index is 323. The molecule has 0 radical (unpaired) electrons. The molecule has 0 fully saturated rings. The Kier molecular flexibility index (Phi) is 3.65. The number of aliphatic hydroxyl groups is 1. The van der Waals surface area contributed by atoms with Crippen LogP contribution in [0, 0.1) is 5.82 Å². The van der Waals surface area contributed by atoms with Crippen LogP contribution < -0.4 is 4.74 Å². The maximum Gasteiger partial charge on any atom is 0.124 e. The van der Waals surface area contributed by atoms with Gasteiger partial charge in [0.15, 0.2) is 0 Å². The van der Waals surface area contributed by atoms with Crippen LogP contribution >= 0.6 is 0 Å². The second kappa shape index (κ2) is 4.77. The van der Waals surface area contributed by atoms with Gasteiger partial charge in [-0.05, 0) is 24.6 Å². The minimum atomic E-state index is -0.766. The second-order valence-electron chi connectivity index (χ2n) is 2.93. The van der Waals surface area contributed by atoms with Crippen molar-refractivity contribution >= 4 is 0 Å². The number of benzene rings is 1. The van der Waals surface area contributed by atoms with E-state index in [0.717, 1.165) is 0 Å². The van der Waals surface area contributed by atoms with Crippen LogP contribution in [0.3, 0.4) is 0 Å². The van der Waals surface area contributed by atoms with Crippen LogP contribution in [0.15, 0.2) is 30.9 Å². The number of hydrogen-bond donors (Lipinski definition) is 1. The molecule has 1 aromatic carbocycles. The third kappa shape index (κ3) is 2.33. The van der Waals surface area contributed by atoms with E-state index in [-0.39, 0.29) is 5.82 Å². The quantitative estimate of drug-likeness (QED) is 0.749. The van der Waals surface area contributed by atoms with E-state index in [9.17, 15) is 9.50 Å². The third-order valence-electron chi connectivity index (χ3n) is 1.94. The Balaban J connectivity index is 3.02. The summed E-state index contributed by atoms with van der Waals surface area (Å²) < 4.78 is 17.9. The molecule has 2 nitrogen and oxygen atoms in total. The molecule has 1 unspecified atom stereocenters. The Labute approximate surface area is 82.6 Å². The van der Waals surface area contributed by atoms with Gasteiger partial charge in [-0.15, -0.1) is 6.58 Å². The van der Waals surface area contributed by atoms with E-state index in [2.05, 4.69) is 6.58 Å². The Morgan fingerprint density at radius 2 is 2.36 bits per heavy atom. The zero-order chi connectivity index (χ0) is 10.6. The number of aliphatic hydroxyl groups excluding tert-OH is 1. The lowest BCUT2D eigenvalue weighted by atomic mass is 10.1. The van der Waals surface area contributed by atoms with Gasteiger partial charge < -0.3 is 9.84 Å². The summed E-state index contributed by atoms with van der Waals surface area (Å²) in [4.78, 5) is 0. The van der Waals surface area contributed by atoms with Crippen LogP contribution in [-0.4, -0.2) is 12.2 Å². The van der Waals surface area contributed by atoms with Crippen molar-refractivity contribution in [1.29, 1.82) is 0 Å². The number of hydrogen-bond acceptors (Lipinski definition) is 2. The molecule has 0 aliphatic rings. The van der Waals surface area contributed by atoms with Gasteiger partial charge in [-0.1, -0.05) is 6.08 Å². The van der Waals surface area contributed by atoms with Crippen LogP contribution in [0.5, 0.6) is 5.75 Å². The molecule has 0 aliphatic heterocycles. The summed E-state index contributed by atoms with van der Waals surface area (Å²) in [6.45, 7) is 3.51. The third-order valence-corrected chi connectivity index (χ3v) is 1.94. The van der Waals surface area contributed by atoms with Gasteiger partial charge in [0.25, 0.3) is 0 Å². The van der Waals surface area contributed by atoms with E-state index in [1.165, 1.54) is 25.3 Å². The van der Waals surface area contributed by atoms with Gasteiger partial charge in [-0.3, -0.25) is 0 Å². The van der Waals surface area contributed by atoms with Crippen molar-refractivity contribution in [3.05, 3.63) is 42.2 Å². The Morgan fingerprint density at radius 3 is 2.93 bits per heavy atom. The standard InChI is InChI=1S/C11H13FO2/c1-3-4-10(13)9-7-8(12)5-6-11(9)14-2/h3,5-7,10,13H,1,4H2,2H3. The molecule has 1 N–H and O–H groups in total. The minimum Gasteiger partial charge on any atom is -0.496 e. The van der Waals surface area contributed by atoms with Crippen LogP contribution in [0.25, 0.3) is 0 Å². The molecule has 1 rings (SSSR count).